The summed E-state index contributed by atoms with van der Waals surface area (Å²) in [6.45, 7) is 3.23. The molecule has 0 saturated carbocycles. The van der Waals surface area contributed by atoms with E-state index in [4.69, 9.17) is 19.3 Å². The number of halogens is 4. The Kier molecular flexibility index (Phi) is 10.6. The number of aliphatic hydroxyl groups excluding tert-OH is 1. The summed E-state index contributed by atoms with van der Waals surface area (Å²) in [6.07, 6.45) is -0.547. The lowest BCUT2D eigenvalue weighted by Crippen LogP contribution is -2.29. The van der Waals surface area contributed by atoms with Gasteiger partial charge in [-0.1, -0.05) is 72.8 Å². The second-order valence-electron chi connectivity index (χ2n) is 10.1. The Bertz CT molecular complexity index is 1760. The number of esters is 2. The van der Waals surface area contributed by atoms with Crippen molar-refractivity contribution < 1.29 is 46.5 Å². The Balaban J connectivity index is 0.000000199. The van der Waals surface area contributed by atoms with Gasteiger partial charge in [-0.15, -0.1) is 0 Å². The molecule has 0 bridgehead atoms. The molecular formula is C36H30F4O6. The van der Waals surface area contributed by atoms with Crippen LogP contribution in [0.1, 0.15) is 36.1 Å². The van der Waals surface area contributed by atoms with Crippen LogP contribution in [0.3, 0.4) is 0 Å². The highest BCUT2D eigenvalue weighted by molar-refractivity contribution is 6.29. The van der Waals surface area contributed by atoms with Gasteiger partial charge in [0.2, 0.25) is 5.79 Å². The maximum Gasteiger partial charge on any atom is 0.342 e. The van der Waals surface area contributed by atoms with Crippen LogP contribution in [0.25, 0.3) is 22.3 Å². The summed E-state index contributed by atoms with van der Waals surface area (Å²) < 4.78 is 72.2. The summed E-state index contributed by atoms with van der Waals surface area (Å²) in [5.41, 5.74) is 1.19. The van der Waals surface area contributed by atoms with Crippen molar-refractivity contribution >= 4 is 34.2 Å². The number of benzene rings is 4. The minimum Gasteiger partial charge on any atom is -0.454 e. The van der Waals surface area contributed by atoms with Crippen LogP contribution in [-0.2, 0) is 23.8 Å². The summed E-state index contributed by atoms with van der Waals surface area (Å²) in [4.78, 5) is 24.4. The number of carbonyl (C=O) groups excluding carboxylic acids is 2. The van der Waals surface area contributed by atoms with Gasteiger partial charge in [0.1, 0.15) is 29.4 Å². The molecule has 6 rings (SSSR count). The molecule has 2 unspecified atom stereocenters. The number of ether oxygens (including phenoxy) is 3. The quantitative estimate of drug-likeness (QED) is 0.184. The third-order valence-electron chi connectivity index (χ3n) is 7.32. The lowest BCUT2D eigenvalue weighted by atomic mass is 9.91. The van der Waals surface area contributed by atoms with E-state index in [0.29, 0.717) is 22.3 Å². The molecule has 6 nitrogen and oxygen atoms in total. The van der Waals surface area contributed by atoms with Gasteiger partial charge < -0.3 is 19.3 Å². The number of rotatable bonds is 5. The van der Waals surface area contributed by atoms with Crippen molar-refractivity contribution in [2.75, 3.05) is 14.2 Å². The molecule has 4 aromatic carbocycles. The van der Waals surface area contributed by atoms with Crippen molar-refractivity contribution in [3.8, 4) is 0 Å². The van der Waals surface area contributed by atoms with Gasteiger partial charge in [-0.3, -0.25) is 0 Å². The van der Waals surface area contributed by atoms with Gasteiger partial charge in [-0.05, 0) is 42.3 Å². The van der Waals surface area contributed by atoms with E-state index < -0.39 is 52.7 Å². The normalized spacial score (nSPS) is 18.8. The number of hydrogen-bond acceptors (Lipinski definition) is 6. The van der Waals surface area contributed by atoms with Crippen molar-refractivity contribution in [3.63, 3.8) is 0 Å². The van der Waals surface area contributed by atoms with Crippen molar-refractivity contribution in [3.05, 3.63) is 143 Å². The minimum absolute atomic E-state index is 0.0377. The second-order valence-corrected chi connectivity index (χ2v) is 10.1. The Morgan fingerprint density at radius 3 is 1.54 bits per heavy atom. The molecule has 4 aromatic rings. The van der Waals surface area contributed by atoms with Gasteiger partial charge in [0.25, 0.3) is 0 Å². The summed E-state index contributed by atoms with van der Waals surface area (Å²) in [7, 11) is 2.37. The smallest absolute Gasteiger partial charge is 0.342 e. The van der Waals surface area contributed by atoms with Crippen molar-refractivity contribution in [2.24, 2.45) is 0 Å². The fourth-order valence-electron chi connectivity index (χ4n) is 5.29. The highest BCUT2D eigenvalue weighted by Crippen LogP contribution is 2.45. The number of aliphatic hydroxyl groups is 1. The molecule has 0 aliphatic carbocycles. The monoisotopic (exact) mass is 634 g/mol. The molecule has 2 heterocycles. The molecule has 2 aliphatic heterocycles. The largest absolute Gasteiger partial charge is 0.454 e. The minimum atomic E-state index is -1.41. The molecule has 0 radical (unpaired) electrons. The summed E-state index contributed by atoms with van der Waals surface area (Å²) in [6, 6.07) is 24.7. The third-order valence-corrected chi connectivity index (χ3v) is 7.32. The van der Waals surface area contributed by atoms with Gasteiger partial charge >= 0.3 is 11.9 Å². The molecule has 2 atom stereocenters. The molecule has 0 fully saturated rings. The van der Waals surface area contributed by atoms with E-state index in [0.717, 1.165) is 31.4 Å². The fourth-order valence-corrected chi connectivity index (χ4v) is 5.29. The van der Waals surface area contributed by atoms with Gasteiger partial charge in [0, 0.05) is 32.3 Å². The number of carbonyl (C=O) groups is 2. The van der Waals surface area contributed by atoms with Gasteiger partial charge in [-0.25, -0.2) is 27.2 Å². The van der Waals surface area contributed by atoms with Crippen LogP contribution in [0.4, 0.5) is 17.6 Å². The Morgan fingerprint density at radius 1 is 0.652 bits per heavy atom. The maximum absolute atomic E-state index is 14.2. The molecule has 238 valence electrons. The van der Waals surface area contributed by atoms with Gasteiger partial charge in [-0.2, -0.15) is 0 Å². The summed E-state index contributed by atoms with van der Waals surface area (Å²) in [5.74, 6) is -6.14. The van der Waals surface area contributed by atoms with Crippen molar-refractivity contribution in [1.82, 2.24) is 0 Å². The van der Waals surface area contributed by atoms with Crippen molar-refractivity contribution in [2.45, 2.75) is 25.7 Å². The first kappa shape index (κ1) is 33.8. The number of methoxy groups -OCH3 is 1. The first-order valence-electron chi connectivity index (χ1n) is 14.0. The zero-order valence-electron chi connectivity index (χ0n) is 25.3. The summed E-state index contributed by atoms with van der Waals surface area (Å²) >= 11 is 0. The first-order valence-corrected chi connectivity index (χ1v) is 14.0. The molecule has 0 saturated heterocycles. The van der Waals surface area contributed by atoms with E-state index in [1.165, 1.54) is 19.2 Å². The zero-order valence-corrected chi connectivity index (χ0v) is 25.3. The van der Waals surface area contributed by atoms with Crippen LogP contribution in [0.2, 0.25) is 0 Å². The molecule has 46 heavy (non-hydrogen) atoms. The third kappa shape index (κ3) is 6.49. The molecule has 0 amide bonds. The fraction of sp³-hybridized carbons (Fsp3) is 0.167. The Labute approximate surface area is 263 Å². The first-order chi connectivity index (χ1) is 22.1. The van der Waals surface area contributed by atoms with Gasteiger partial charge in [0.05, 0.1) is 22.3 Å². The standard InChI is InChI=1S/C18H14F2O3.C17H12F2O2.CH4O/c1-18(22-2)16(11-7-4-3-5-8-11)15(17(21)23-18)14-12(19)9-6-10-13(14)20;1-10-14(11-6-3-2-4-7-11)16(17(20)21-10)15-12(18)8-5-9-13(15)19;1-2/h3-10H,1-2H3;2-10H,1H3;2H,1H3. The predicted octanol–water partition coefficient (Wildman–Crippen LogP) is 7.22. The average molecular weight is 635 g/mol. The van der Waals surface area contributed by atoms with E-state index in [1.54, 1.807) is 68.4 Å². The highest BCUT2D eigenvalue weighted by atomic mass is 19.1. The van der Waals surface area contributed by atoms with Crippen LogP contribution < -0.4 is 0 Å². The zero-order chi connectivity index (χ0) is 33.6. The molecule has 2 aliphatic rings. The molecule has 1 N–H and O–H groups in total. The van der Waals surface area contributed by atoms with E-state index in [1.807, 2.05) is 6.07 Å². The highest BCUT2D eigenvalue weighted by Gasteiger charge is 2.47. The topological polar surface area (TPSA) is 82.1 Å². The van der Waals surface area contributed by atoms with Crippen LogP contribution in [0, 0.1) is 23.3 Å². The average Bonchev–Trinajstić information content (AvgIpc) is 3.49. The van der Waals surface area contributed by atoms with E-state index in [9.17, 15) is 27.2 Å². The molecule has 0 spiro atoms. The SMILES string of the molecule is CC1OC(=O)C(c2c(F)cccc2F)=C1c1ccccc1.CO.COC1(C)OC(=O)C(c2c(F)cccc2F)=C1c1ccccc1. The lowest BCUT2D eigenvalue weighted by molar-refractivity contribution is -0.178. The van der Waals surface area contributed by atoms with Gasteiger partial charge in [0.15, 0.2) is 0 Å². The summed E-state index contributed by atoms with van der Waals surface area (Å²) in [5, 5.41) is 7.00. The van der Waals surface area contributed by atoms with Crippen LogP contribution in [-0.4, -0.2) is 43.2 Å². The second kappa shape index (κ2) is 14.4. The maximum atomic E-state index is 14.2. The Morgan fingerprint density at radius 2 is 1.09 bits per heavy atom. The molecular weight excluding hydrogens is 604 g/mol. The predicted molar refractivity (Wildman–Crippen MR) is 164 cm³/mol. The molecule has 10 heteroatoms. The van der Waals surface area contributed by atoms with E-state index >= 15 is 0 Å². The molecule has 0 aromatic heterocycles. The Hall–Kier alpha value is -5.06. The lowest BCUT2D eigenvalue weighted by Gasteiger charge is -2.24. The number of cyclic esters (lactones) is 2. The van der Waals surface area contributed by atoms with Crippen molar-refractivity contribution in [1.29, 1.82) is 0 Å². The van der Waals surface area contributed by atoms with Crippen LogP contribution in [0.15, 0.2) is 97.1 Å². The van der Waals surface area contributed by atoms with Crippen LogP contribution >= 0.6 is 0 Å². The van der Waals surface area contributed by atoms with E-state index in [-0.39, 0.29) is 16.7 Å². The van der Waals surface area contributed by atoms with E-state index in [2.05, 4.69) is 0 Å². The van der Waals surface area contributed by atoms with Crippen LogP contribution in [0.5, 0.6) is 0 Å². The number of hydrogen-bond donors (Lipinski definition) is 1.